The van der Waals surface area contributed by atoms with Gasteiger partial charge in [-0.1, -0.05) is 0 Å². The lowest BCUT2D eigenvalue weighted by Crippen LogP contribution is -2.04. The van der Waals surface area contributed by atoms with Crippen LogP contribution in [0.5, 0.6) is 11.5 Å². The molecule has 1 aromatic carbocycles. The minimum absolute atomic E-state index is 0.282. The Morgan fingerprint density at radius 1 is 1.27 bits per heavy atom. The second kappa shape index (κ2) is 4.98. The monoisotopic (exact) mass is 213 g/mol. The Bertz CT molecular complexity index is 340. The molecule has 0 aliphatic heterocycles. The van der Waals surface area contributed by atoms with Gasteiger partial charge in [-0.3, -0.25) is 0 Å². The highest BCUT2D eigenvalue weighted by Gasteiger charge is 2.14. The van der Waals surface area contributed by atoms with E-state index in [0.717, 1.165) is 5.56 Å². The van der Waals surface area contributed by atoms with Crippen LogP contribution in [0.15, 0.2) is 12.1 Å². The molecule has 0 amide bonds. The van der Waals surface area contributed by atoms with Gasteiger partial charge in [0.15, 0.2) is 11.5 Å². The Labute approximate surface area is 89.0 Å². The standard InChI is InChI=1S/C11H16FNO2/c1-7(12)9-5-11(15-3)10(14-2)4-8(9)6-13/h4-5,7H,6,13H2,1-3H3. The summed E-state index contributed by atoms with van der Waals surface area (Å²) in [6.45, 7) is 1.75. The van der Waals surface area contributed by atoms with Crippen molar-refractivity contribution in [2.75, 3.05) is 14.2 Å². The van der Waals surface area contributed by atoms with E-state index in [9.17, 15) is 4.39 Å². The van der Waals surface area contributed by atoms with E-state index in [-0.39, 0.29) is 6.54 Å². The molecule has 0 fully saturated rings. The molecule has 3 nitrogen and oxygen atoms in total. The van der Waals surface area contributed by atoms with Gasteiger partial charge in [-0.05, 0) is 30.2 Å². The van der Waals surface area contributed by atoms with Crippen molar-refractivity contribution in [2.24, 2.45) is 5.73 Å². The van der Waals surface area contributed by atoms with Gasteiger partial charge in [-0.2, -0.15) is 0 Å². The fourth-order valence-electron chi connectivity index (χ4n) is 1.48. The van der Waals surface area contributed by atoms with Crippen LogP contribution >= 0.6 is 0 Å². The van der Waals surface area contributed by atoms with Gasteiger partial charge in [0.2, 0.25) is 0 Å². The maximum absolute atomic E-state index is 13.3. The molecule has 0 heterocycles. The molecule has 1 unspecified atom stereocenters. The first-order chi connectivity index (χ1) is 7.13. The van der Waals surface area contributed by atoms with E-state index in [1.165, 1.54) is 21.1 Å². The number of methoxy groups -OCH3 is 2. The van der Waals surface area contributed by atoms with Crippen molar-refractivity contribution >= 4 is 0 Å². The summed E-state index contributed by atoms with van der Waals surface area (Å²) in [7, 11) is 3.06. The Morgan fingerprint density at radius 3 is 2.20 bits per heavy atom. The second-order valence-electron chi connectivity index (χ2n) is 3.23. The van der Waals surface area contributed by atoms with Crippen molar-refractivity contribution < 1.29 is 13.9 Å². The van der Waals surface area contributed by atoms with E-state index < -0.39 is 6.17 Å². The lowest BCUT2D eigenvalue weighted by molar-refractivity contribution is 0.345. The predicted octanol–water partition coefficient (Wildman–Crippen LogP) is 2.19. The van der Waals surface area contributed by atoms with Crippen LogP contribution < -0.4 is 15.2 Å². The lowest BCUT2D eigenvalue weighted by atomic mass is 10.0. The first-order valence-corrected chi connectivity index (χ1v) is 4.73. The molecule has 0 aromatic heterocycles. The van der Waals surface area contributed by atoms with E-state index in [4.69, 9.17) is 15.2 Å². The van der Waals surface area contributed by atoms with Crippen LogP contribution in [-0.2, 0) is 6.54 Å². The average molecular weight is 213 g/mol. The summed E-state index contributed by atoms with van der Waals surface area (Å²) in [6.07, 6.45) is -1.07. The molecule has 2 N–H and O–H groups in total. The van der Waals surface area contributed by atoms with Crippen molar-refractivity contribution in [3.63, 3.8) is 0 Å². The molecular weight excluding hydrogens is 197 g/mol. The third-order valence-corrected chi connectivity index (χ3v) is 2.29. The first-order valence-electron chi connectivity index (χ1n) is 4.73. The highest BCUT2D eigenvalue weighted by Crippen LogP contribution is 2.34. The van der Waals surface area contributed by atoms with Gasteiger partial charge in [0, 0.05) is 6.54 Å². The maximum Gasteiger partial charge on any atom is 0.161 e. The predicted molar refractivity (Wildman–Crippen MR) is 57.0 cm³/mol. The maximum atomic E-state index is 13.3. The fourth-order valence-corrected chi connectivity index (χ4v) is 1.48. The number of rotatable bonds is 4. The van der Waals surface area contributed by atoms with Gasteiger partial charge in [-0.15, -0.1) is 0 Å². The van der Waals surface area contributed by atoms with E-state index in [1.54, 1.807) is 12.1 Å². The molecule has 0 bridgehead atoms. The minimum Gasteiger partial charge on any atom is -0.493 e. The lowest BCUT2D eigenvalue weighted by Gasteiger charge is -2.14. The molecule has 0 saturated heterocycles. The summed E-state index contributed by atoms with van der Waals surface area (Å²) < 4.78 is 23.5. The van der Waals surface area contributed by atoms with Crippen LogP contribution in [0.4, 0.5) is 4.39 Å². The van der Waals surface area contributed by atoms with Gasteiger partial charge in [0.25, 0.3) is 0 Å². The van der Waals surface area contributed by atoms with Gasteiger partial charge in [0.1, 0.15) is 6.17 Å². The van der Waals surface area contributed by atoms with Crippen LogP contribution in [-0.4, -0.2) is 14.2 Å². The summed E-state index contributed by atoms with van der Waals surface area (Å²) in [6, 6.07) is 3.34. The number of alkyl halides is 1. The van der Waals surface area contributed by atoms with Crippen molar-refractivity contribution in [2.45, 2.75) is 19.6 Å². The quantitative estimate of drug-likeness (QED) is 0.833. The normalized spacial score (nSPS) is 12.3. The van der Waals surface area contributed by atoms with Gasteiger partial charge >= 0.3 is 0 Å². The molecule has 0 spiro atoms. The van der Waals surface area contributed by atoms with Crippen molar-refractivity contribution in [1.82, 2.24) is 0 Å². The van der Waals surface area contributed by atoms with Crippen LogP contribution in [0.3, 0.4) is 0 Å². The third kappa shape index (κ3) is 2.39. The van der Waals surface area contributed by atoms with Gasteiger partial charge < -0.3 is 15.2 Å². The minimum atomic E-state index is -1.07. The number of hydrogen-bond acceptors (Lipinski definition) is 3. The summed E-state index contributed by atoms with van der Waals surface area (Å²) in [5.41, 5.74) is 6.83. The number of benzene rings is 1. The summed E-state index contributed by atoms with van der Waals surface area (Å²) in [5.74, 6) is 1.09. The van der Waals surface area contributed by atoms with E-state index in [2.05, 4.69) is 0 Å². The molecular formula is C11H16FNO2. The van der Waals surface area contributed by atoms with Crippen LogP contribution in [0.2, 0.25) is 0 Å². The molecule has 0 saturated carbocycles. The van der Waals surface area contributed by atoms with Crippen molar-refractivity contribution in [3.05, 3.63) is 23.3 Å². The number of hydrogen-bond donors (Lipinski definition) is 1. The fraction of sp³-hybridized carbons (Fsp3) is 0.455. The largest absolute Gasteiger partial charge is 0.493 e. The zero-order chi connectivity index (χ0) is 11.4. The van der Waals surface area contributed by atoms with Crippen LogP contribution in [0.25, 0.3) is 0 Å². The van der Waals surface area contributed by atoms with E-state index >= 15 is 0 Å². The summed E-state index contributed by atoms with van der Waals surface area (Å²) >= 11 is 0. The number of ether oxygens (including phenoxy) is 2. The highest BCUT2D eigenvalue weighted by molar-refractivity contribution is 5.48. The molecule has 0 aliphatic rings. The third-order valence-electron chi connectivity index (χ3n) is 2.29. The molecule has 1 rings (SSSR count). The molecule has 0 aliphatic carbocycles. The van der Waals surface area contributed by atoms with Crippen molar-refractivity contribution in [3.8, 4) is 11.5 Å². The van der Waals surface area contributed by atoms with Crippen LogP contribution in [0, 0.1) is 0 Å². The summed E-state index contributed by atoms with van der Waals surface area (Å²) in [4.78, 5) is 0. The first kappa shape index (κ1) is 11.8. The van der Waals surface area contributed by atoms with Gasteiger partial charge in [0.05, 0.1) is 14.2 Å². The summed E-state index contributed by atoms with van der Waals surface area (Å²) in [5, 5.41) is 0. The zero-order valence-corrected chi connectivity index (χ0v) is 9.21. The van der Waals surface area contributed by atoms with Gasteiger partial charge in [-0.25, -0.2) is 4.39 Å². The SMILES string of the molecule is COc1cc(CN)c(C(C)F)cc1OC. The number of nitrogens with two attached hydrogens (primary N) is 1. The zero-order valence-electron chi connectivity index (χ0n) is 9.21. The molecule has 84 valence electrons. The molecule has 1 aromatic rings. The smallest absolute Gasteiger partial charge is 0.161 e. The molecule has 15 heavy (non-hydrogen) atoms. The highest BCUT2D eigenvalue weighted by atomic mass is 19.1. The Balaban J connectivity index is 3.27. The van der Waals surface area contributed by atoms with E-state index in [1.807, 2.05) is 0 Å². The van der Waals surface area contributed by atoms with Crippen molar-refractivity contribution in [1.29, 1.82) is 0 Å². The second-order valence-corrected chi connectivity index (χ2v) is 3.23. The number of halogens is 1. The Kier molecular flexibility index (Phi) is 3.91. The Hall–Kier alpha value is -1.29. The average Bonchev–Trinajstić information content (AvgIpc) is 2.26. The van der Waals surface area contributed by atoms with E-state index in [0.29, 0.717) is 17.1 Å². The molecule has 1 atom stereocenters. The topological polar surface area (TPSA) is 44.5 Å². The van der Waals surface area contributed by atoms with Crippen LogP contribution in [0.1, 0.15) is 24.2 Å². The Morgan fingerprint density at radius 2 is 1.80 bits per heavy atom. The molecule has 0 radical (unpaired) electrons. The molecule has 4 heteroatoms.